The van der Waals surface area contributed by atoms with Crippen molar-refractivity contribution in [1.82, 2.24) is 10.0 Å². The highest BCUT2D eigenvalue weighted by Gasteiger charge is 2.19. The number of sulfonamides is 1. The number of hydrogen-bond donors (Lipinski definition) is 2. The van der Waals surface area contributed by atoms with Crippen LogP contribution in [0.1, 0.15) is 19.4 Å². The molecule has 0 aliphatic carbocycles. The number of benzene rings is 1. The molecule has 0 aliphatic heterocycles. The van der Waals surface area contributed by atoms with Crippen molar-refractivity contribution in [3.8, 4) is 0 Å². The first kappa shape index (κ1) is 17.4. The van der Waals surface area contributed by atoms with Gasteiger partial charge in [0.05, 0.1) is 0 Å². The zero-order valence-electron chi connectivity index (χ0n) is 11.9. The van der Waals surface area contributed by atoms with Crippen molar-refractivity contribution in [2.24, 2.45) is 0 Å². The van der Waals surface area contributed by atoms with Crippen LogP contribution in [0.4, 0.5) is 4.39 Å². The summed E-state index contributed by atoms with van der Waals surface area (Å²) in [6, 6.07) is 4.44. The number of halogens is 1. The highest BCUT2D eigenvalue weighted by atomic mass is 32.2. The Morgan fingerprint density at radius 3 is 2.65 bits per heavy atom. The third kappa shape index (κ3) is 5.40. The summed E-state index contributed by atoms with van der Waals surface area (Å²) in [6.07, 6.45) is 1.88. The molecule has 0 radical (unpaired) electrons. The van der Waals surface area contributed by atoms with Crippen molar-refractivity contribution in [3.63, 3.8) is 0 Å². The Labute approximate surface area is 124 Å². The van der Waals surface area contributed by atoms with E-state index in [2.05, 4.69) is 10.0 Å². The Morgan fingerprint density at radius 1 is 1.35 bits per heavy atom. The van der Waals surface area contributed by atoms with Crippen molar-refractivity contribution >= 4 is 21.8 Å². The molecule has 0 fully saturated rings. The third-order valence-electron chi connectivity index (χ3n) is 2.60. The van der Waals surface area contributed by atoms with Crippen LogP contribution in [0.25, 0.3) is 0 Å². The lowest BCUT2D eigenvalue weighted by atomic mass is 10.2. The molecule has 0 aromatic heterocycles. The minimum atomic E-state index is -3.79. The lowest BCUT2D eigenvalue weighted by Crippen LogP contribution is -2.27. The maximum atomic E-state index is 13.7. The normalized spacial score (nSPS) is 12.1. The van der Waals surface area contributed by atoms with E-state index in [9.17, 15) is 12.8 Å². The van der Waals surface area contributed by atoms with E-state index in [4.69, 9.17) is 0 Å². The van der Waals surface area contributed by atoms with Crippen molar-refractivity contribution in [2.45, 2.75) is 31.3 Å². The number of hydrogen-bond acceptors (Lipinski definition) is 4. The Hall–Kier alpha value is -0.630. The van der Waals surface area contributed by atoms with Crippen LogP contribution in [-0.4, -0.2) is 33.0 Å². The van der Waals surface area contributed by atoms with Gasteiger partial charge in [-0.2, -0.15) is 11.8 Å². The third-order valence-corrected chi connectivity index (χ3v) is 4.69. The summed E-state index contributed by atoms with van der Waals surface area (Å²) >= 11 is 1.53. The second-order valence-electron chi connectivity index (χ2n) is 4.69. The van der Waals surface area contributed by atoms with Crippen LogP contribution >= 0.6 is 11.8 Å². The molecule has 114 valence electrons. The van der Waals surface area contributed by atoms with Gasteiger partial charge in [0, 0.05) is 24.9 Å². The van der Waals surface area contributed by atoms with Crippen LogP contribution in [0.5, 0.6) is 0 Å². The van der Waals surface area contributed by atoms with Crippen molar-refractivity contribution in [3.05, 3.63) is 29.6 Å². The predicted molar refractivity (Wildman–Crippen MR) is 81.9 cm³/mol. The van der Waals surface area contributed by atoms with E-state index in [-0.39, 0.29) is 17.5 Å². The summed E-state index contributed by atoms with van der Waals surface area (Å²) in [5.74, 6) is -0.0786. The molecule has 0 saturated heterocycles. The van der Waals surface area contributed by atoms with E-state index in [1.54, 1.807) is 6.07 Å². The summed E-state index contributed by atoms with van der Waals surface area (Å²) in [4.78, 5) is -0.290. The molecule has 0 unspecified atom stereocenters. The van der Waals surface area contributed by atoms with Crippen LogP contribution in [0, 0.1) is 5.82 Å². The average Bonchev–Trinajstić information content (AvgIpc) is 2.37. The molecule has 2 N–H and O–H groups in total. The van der Waals surface area contributed by atoms with Crippen LogP contribution in [-0.2, 0) is 16.6 Å². The highest BCUT2D eigenvalue weighted by Crippen LogP contribution is 2.16. The van der Waals surface area contributed by atoms with Gasteiger partial charge in [0.25, 0.3) is 0 Å². The van der Waals surface area contributed by atoms with E-state index in [1.807, 2.05) is 20.1 Å². The van der Waals surface area contributed by atoms with Gasteiger partial charge in [0.2, 0.25) is 10.0 Å². The van der Waals surface area contributed by atoms with Crippen molar-refractivity contribution < 1.29 is 12.8 Å². The molecular formula is C13H21FN2O2S2. The lowest BCUT2D eigenvalue weighted by molar-refractivity contribution is 0.554. The summed E-state index contributed by atoms with van der Waals surface area (Å²) in [7, 11) is -3.79. The Balaban J connectivity index is 2.89. The zero-order chi connectivity index (χ0) is 15.2. The second kappa shape index (κ2) is 7.97. The molecular weight excluding hydrogens is 299 g/mol. The molecule has 4 nitrogen and oxygen atoms in total. The Kier molecular flexibility index (Phi) is 6.94. The summed E-state index contributed by atoms with van der Waals surface area (Å²) in [6.45, 7) is 4.78. The van der Waals surface area contributed by atoms with E-state index >= 15 is 0 Å². The molecule has 0 atom stereocenters. The monoisotopic (exact) mass is 320 g/mol. The molecule has 0 saturated carbocycles. The van der Waals surface area contributed by atoms with E-state index in [1.165, 1.54) is 23.9 Å². The molecule has 7 heteroatoms. The lowest BCUT2D eigenvalue weighted by Gasteiger charge is -2.11. The van der Waals surface area contributed by atoms with E-state index in [0.717, 1.165) is 5.56 Å². The SMILES string of the molecule is CSCCNS(=O)(=O)c1cc(CNC(C)C)ccc1F. The Bertz CT molecular complexity index is 533. The van der Waals surface area contributed by atoms with Gasteiger partial charge in [-0.1, -0.05) is 19.9 Å². The molecule has 1 aromatic rings. The maximum absolute atomic E-state index is 13.7. The van der Waals surface area contributed by atoms with Gasteiger partial charge in [0.15, 0.2) is 0 Å². The fourth-order valence-corrected chi connectivity index (χ4v) is 3.13. The Morgan fingerprint density at radius 2 is 2.05 bits per heavy atom. The topological polar surface area (TPSA) is 58.2 Å². The maximum Gasteiger partial charge on any atom is 0.243 e. The molecule has 0 aliphatic rings. The van der Waals surface area contributed by atoms with Crippen molar-refractivity contribution in [1.29, 1.82) is 0 Å². The highest BCUT2D eigenvalue weighted by molar-refractivity contribution is 7.98. The van der Waals surface area contributed by atoms with Gasteiger partial charge in [-0.05, 0) is 24.0 Å². The van der Waals surface area contributed by atoms with Gasteiger partial charge >= 0.3 is 0 Å². The number of rotatable bonds is 8. The first-order valence-corrected chi connectivity index (χ1v) is 9.25. The molecule has 1 aromatic carbocycles. The molecule has 20 heavy (non-hydrogen) atoms. The second-order valence-corrected chi connectivity index (χ2v) is 7.41. The van der Waals surface area contributed by atoms with Crippen LogP contribution in [0.2, 0.25) is 0 Å². The van der Waals surface area contributed by atoms with Crippen LogP contribution in [0.3, 0.4) is 0 Å². The van der Waals surface area contributed by atoms with Gasteiger partial charge < -0.3 is 5.32 Å². The van der Waals surface area contributed by atoms with Crippen LogP contribution in [0.15, 0.2) is 23.1 Å². The fourth-order valence-electron chi connectivity index (χ4n) is 1.54. The zero-order valence-corrected chi connectivity index (χ0v) is 13.6. The summed E-state index contributed by atoms with van der Waals surface area (Å²) < 4.78 is 40.2. The summed E-state index contributed by atoms with van der Waals surface area (Å²) in [5.41, 5.74) is 0.741. The fraction of sp³-hybridized carbons (Fsp3) is 0.538. The smallest absolute Gasteiger partial charge is 0.243 e. The molecule has 0 heterocycles. The molecule has 1 rings (SSSR count). The minimum Gasteiger partial charge on any atom is -0.310 e. The number of nitrogens with one attached hydrogen (secondary N) is 2. The average molecular weight is 320 g/mol. The quantitative estimate of drug-likeness (QED) is 0.719. The van der Waals surface area contributed by atoms with Gasteiger partial charge in [-0.25, -0.2) is 17.5 Å². The minimum absolute atomic E-state index is 0.278. The molecule has 0 bridgehead atoms. The first-order valence-electron chi connectivity index (χ1n) is 6.37. The van der Waals surface area contributed by atoms with Gasteiger partial charge in [-0.3, -0.25) is 0 Å². The van der Waals surface area contributed by atoms with E-state index < -0.39 is 15.8 Å². The number of thioether (sulfide) groups is 1. The first-order chi connectivity index (χ1) is 9.36. The van der Waals surface area contributed by atoms with E-state index in [0.29, 0.717) is 12.3 Å². The molecule has 0 amide bonds. The van der Waals surface area contributed by atoms with Gasteiger partial charge in [0.1, 0.15) is 10.7 Å². The van der Waals surface area contributed by atoms with Crippen LogP contribution < -0.4 is 10.0 Å². The largest absolute Gasteiger partial charge is 0.310 e. The van der Waals surface area contributed by atoms with Gasteiger partial charge in [-0.15, -0.1) is 0 Å². The molecule has 0 spiro atoms. The summed E-state index contributed by atoms with van der Waals surface area (Å²) in [5, 5.41) is 3.17. The van der Waals surface area contributed by atoms with Crippen molar-refractivity contribution in [2.75, 3.05) is 18.6 Å². The standard InChI is InChI=1S/C13H21FN2O2S2/c1-10(2)15-9-11-4-5-12(14)13(8-11)20(17,18)16-6-7-19-3/h4-5,8,10,15-16H,6-7,9H2,1-3H3. The predicted octanol–water partition coefficient (Wildman–Crippen LogP) is 1.96.